The molecule has 0 aliphatic rings. The molecule has 0 saturated carbocycles. The van der Waals surface area contributed by atoms with E-state index in [1.165, 1.54) is 56.1 Å². The molecule has 0 amide bonds. The first kappa shape index (κ1) is 30.6. The number of hydrogen-bond acceptors (Lipinski definition) is 3. The molecule has 1 aromatic heterocycles. The first-order chi connectivity index (χ1) is 18.2. The van der Waals surface area contributed by atoms with Crippen molar-refractivity contribution < 1.29 is 8.42 Å². The van der Waals surface area contributed by atoms with Crippen LogP contribution >= 0.6 is 11.3 Å². The highest BCUT2D eigenvalue weighted by Crippen LogP contribution is 2.41. The van der Waals surface area contributed by atoms with E-state index in [0.29, 0.717) is 16.7 Å². The van der Waals surface area contributed by atoms with Gasteiger partial charge in [-0.05, 0) is 46.6 Å². The van der Waals surface area contributed by atoms with Crippen LogP contribution in [0.4, 0.5) is 0 Å². The molecule has 0 unspecified atom stereocenters. The molecule has 2 nitrogen and oxygen atoms in total. The van der Waals surface area contributed by atoms with Gasteiger partial charge in [0.05, 0.1) is 15.5 Å². The van der Waals surface area contributed by atoms with Gasteiger partial charge in [-0.3, -0.25) is 0 Å². The fraction of sp³-hybridized carbons (Fsp3) is 0.529. The summed E-state index contributed by atoms with van der Waals surface area (Å²) >= 11 is 1.60. The van der Waals surface area contributed by atoms with Crippen LogP contribution in [0.25, 0.3) is 20.9 Å². The molecule has 0 fully saturated rings. The van der Waals surface area contributed by atoms with Crippen molar-refractivity contribution in [2.45, 2.75) is 116 Å². The maximum absolute atomic E-state index is 13.6. The van der Waals surface area contributed by atoms with Gasteiger partial charge < -0.3 is 0 Å². The van der Waals surface area contributed by atoms with Crippen molar-refractivity contribution in [2.24, 2.45) is 0 Å². The van der Waals surface area contributed by atoms with Crippen LogP contribution in [0.1, 0.15) is 122 Å². The summed E-state index contributed by atoms with van der Waals surface area (Å²) in [6.45, 7) is 11.0. The molecule has 2 aromatic carbocycles. The van der Waals surface area contributed by atoms with E-state index in [-0.39, 0.29) is 5.75 Å². The second-order valence-electron chi connectivity index (χ2n) is 11.4. The molecule has 0 spiro atoms. The van der Waals surface area contributed by atoms with E-state index in [9.17, 15) is 8.42 Å². The molecule has 4 heteroatoms. The van der Waals surface area contributed by atoms with Gasteiger partial charge in [-0.15, -0.1) is 11.3 Å². The maximum atomic E-state index is 13.6. The summed E-state index contributed by atoms with van der Waals surface area (Å²) in [6.07, 6.45) is 12.0. The van der Waals surface area contributed by atoms with Gasteiger partial charge in [0.1, 0.15) is 0 Å². The summed E-state index contributed by atoms with van der Waals surface area (Å²) in [5, 5.41) is 0. The topological polar surface area (TPSA) is 34.1 Å². The van der Waals surface area contributed by atoms with Crippen molar-refractivity contribution in [3.05, 3.63) is 65.7 Å². The predicted octanol–water partition coefficient (Wildman–Crippen LogP) is 11.0. The van der Waals surface area contributed by atoms with Crippen LogP contribution in [-0.2, 0) is 9.84 Å². The summed E-state index contributed by atoms with van der Waals surface area (Å²) in [7, 11) is -3.37. The molecular formula is C34H48O2S2. The minimum atomic E-state index is -3.37. The number of benzene rings is 2. The third kappa shape index (κ3) is 8.81. The van der Waals surface area contributed by atoms with Crippen molar-refractivity contribution in [1.82, 2.24) is 0 Å². The molecule has 0 N–H and O–H groups in total. The lowest BCUT2D eigenvalue weighted by atomic mass is 10.0. The summed E-state index contributed by atoms with van der Waals surface area (Å²) in [5.74, 6) is 1.14. The van der Waals surface area contributed by atoms with Crippen LogP contribution in [0.3, 0.4) is 0 Å². The first-order valence-electron chi connectivity index (χ1n) is 14.8. The summed E-state index contributed by atoms with van der Waals surface area (Å²) in [6, 6.07) is 19.0. The molecule has 0 atom stereocenters. The molecule has 0 radical (unpaired) electrons. The van der Waals surface area contributed by atoms with Crippen LogP contribution in [0.15, 0.2) is 59.5 Å². The Morgan fingerprint density at radius 3 is 1.55 bits per heavy atom. The van der Waals surface area contributed by atoms with Crippen molar-refractivity contribution in [3.63, 3.8) is 0 Å². The largest absolute Gasteiger partial charge is 0.224 e. The Hall–Kier alpha value is -1.91. The average molecular weight is 553 g/mol. The number of unbranched alkanes of at least 4 members (excludes halogenated alkanes) is 9. The summed E-state index contributed by atoms with van der Waals surface area (Å²) in [5.41, 5.74) is 4.64. The predicted molar refractivity (Wildman–Crippen MR) is 167 cm³/mol. The van der Waals surface area contributed by atoms with Gasteiger partial charge in [-0.25, -0.2) is 8.42 Å². The Balaban J connectivity index is 1.74. The lowest BCUT2D eigenvalue weighted by Crippen LogP contribution is -2.07. The highest BCUT2D eigenvalue weighted by molar-refractivity contribution is 7.91. The molecule has 3 aromatic rings. The fourth-order valence-corrected chi connectivity index (χ4v) is 8.04. The minimum Gasteiger partial charge on any atom is -0.224 e. The molecule has 0 aliphatic carbocycles. The molecule has 0 aliphatic heterocycles. The van der Waals surface area contributed by atoms with Crippen molar-refractivity contribution in [3.8, 4) is 20.9 Å². The standard InChI is InChI=1S/C34H48O2S2/c1-6-7-8-9-10-11-12-13-14-15-24-38(35,36)33-25-32(30-20-16-28(17-21-30)26(2)3)37-34(33)31-22-18-29(19-23-31)27(4)5/h16-23,25-27H,6-15,24H2,1-5H3. The fourth-order valence-electron chi connectivity index (χ4n) is 4.89. The molecule has 1 heterocycles. The number of thiophene rings is 1. The van der Waals surface area contributed by atoms with E-state index in [1.807, 2.05) is 6.07 Å². The Bertz CT molecular complexity index is 1200. The Morgan fingerprint density at radius 2 is 1.08 bits per heavy atom. The minimum absolute atomic E-state index is 0.225. The van der Waals surface area contributed by atoms with Crippen molar-refractivity contribution >= 4 is 21.2 Å². The van der Waals surface area contributed by atoms with Gasteiger partial charge in [0.2, 0.25) is 0 Å². The molecular weight excluding hydrogens is 505 g/mol. The van der Waals surface area contributed by atoms with Crippen LogP contribution in [0.2, 0.25) is 0 Å². The van der Waals surface area contributed by atoms with Gasteiger partial charge in [-0.2, -0.15) is 0 Å². The molecule has 0 bridgehead atoms. The second kappa shape index (κ2) is 15.0. The molecule has 3 rings (SSSR count). The lowest BCUT2D eigenvalue weighted by Gasteiger charge is -2.09. The Kier molecular flexibility index (Phi) is 12.1. The number of hydrogen-bond donors (Lipinski definition) is 0. The van der Waals surface area contributed by atoms with E-state index in [0.717, 1.165) is 40.1 Å². The highest BCUT2D eigenvalue weighted by Gasteiger charge is 2.23. The zero-order chi connectivity index (χ0) is 27.5. The van der Waals surface area contributed by atoms with Gasteiger partial charge in [0.25, 0.3) is 0 Å². The smallest absolute Gasteiger partial charge is 0.179 e. The van der Waals surface area contributed by atoms with Crippen LogP contribution in [0.5, 0.6) is 0 Å². The summed E-state index contributed by atoms with van der Waals surface area (Å²) in [4.78, 5) is 2.39. The average Bonchev–Trinajstić information content (AvgIpc) is 3.36. The van der Waals surface area contributed by atoms with Crippen LogP contribution < -0.4 is 0 Å². The first-order valence-corrected chi connectivity index (χ1v) is 17.3. The van der Waals surface area contributed by atoms with E-state index in [4.69, 9.17) is 0 Å². The Morgan fingerprint density at radius 1 is 0.632 bits per heavy atom. The number of sulfone groups is 1. The molecule has 0 saturated heterocycles. The second-order valence-corrected chi connectivity index (χ2v) is 14.5. The third-order valence-corrected chi connectivity index (χ3v) is 10.7. The van der Waals surface area contributed by atoms with Gasteiger partial charge >= 0.3 is 0 Å². The molecule has 38 heavy (non-hydrogen) atoms. The zero-order valence-electron chi connectivity index (χ0n) is 24.3. The van der Waals surface area contributed by atoms with Gasteiger partial charge in [0, 0.05) is 4.88 Å². The van der Waals surface area contributed by atoms with Crippen LogP contribution in [-0.4, -0.2) is 14.2 Å². The lowest BCUT2D eigenvalue weighted by molar-refractivity contribution is 0.558. The maximum Gasteiger partial charge on any atom is 0.179 e. The quantitative estimate of drug-likeness (QED) is 0.166. The van der Waals surface area contributed by atoms with E-state index in [1.54, 1.807) is 11.3 Å². The molecule has 208 valence electrons. The van der Waals surface area contributed by atoms with E-state index < -0.39 is 9.84 Å². The normalized spacial score (nSPS) is 12.1. The number of rotatable bonds is 16. The van der Waals surface area contributed by atoms with Gasteiger partial charge in [-0.1, -0.05) is 141 Å². The third-order valence-electron chi connectivity index (χ3n) is 7.50. The monoisotopic (exact) mass is 552 g/mol. The van der Waals surface area contributed by atoms with Crippen molar-refractivity contribution in [2.75, 3.05) is 5.75 Å². The van der Waals surface area contributed by atoms with Crippen LogP contribution in [0, 0.1) is 0 Å². The zero-order valence-corrected chi connectivity index (χ0v) is 25.9. The summed E-state index contributed by atoms with van der Waals surface area (Å²) < 4.78 is 27.3. The van der Waals surface area contributed by atoms with Crippen molar-refractivity contribution in [1.29, 1.82) is 0 Å². The van der Waals surface area contributed by atoms with E-state index >= 15 is 0 Å². The SMILES string of the molecule is CCCCCCCCCCCCS(=O)(=O)c1cc(-c2ccc(C(C)C)cc2)sc1-c1ccc(C(C)C)cc1. The van der Waals surface area contributed by atoms with E-state index in [2.05, 4.69) is 83.1 Å². The Labute approximate surface area is 236 Å². The highest BCUT2D eigenvalue weighted by atomic mass is 32.2. The van der Waals surface area contributed by atoms with Gasteiger partial charge in [0.15, 0.2) is 9.84 Å².